The van der Waals surface area contributed by atoms with Crippen LogP contribution in [-0.4, -0.2) is 17.1 Å². The van der Waals surface area contributed by atoms with E-state index in [0.717, 1.165) is 28.3 Å². The minimum absolute atomic E-state index is 0.184. The number of allylic oxidation sites excluding steroid dienone is 1. The molecule has 6 nitrogen and oxygen atoms in total. The average Bonchev–Trinajstić information content (AvgIpc) is 3.60. The fourth-order valence-electron chi connectivity index (χ4n) is 4.07. The van der Waals surface area contributed by atoms with Crippen LogP contribution in [0.4, 0.5) is 13.2 Å². The van der Waals surface area contributed by atoms with E-state index in [9.17, 15) is 22.8 Å². The second kappa shape index (κ2) is 9.64. The number of aromatic nitrogens is 1. The second-order valence-corrected chi connectivity index (χ2v) is 10.1. The number of hydrogen-bond acceptors (Lipinski definition) is 7. The van der Waals surface area contributed by atoms with E-state index in [1.807, 2.05) is 17.5 Å². The van der Waals surface area contributed by atoms with Gasteiger partial charge in [-0.05, 0) is 49.6 Å². The highest BCUT2D eigenvalue weighted by atomic mass is 32.1. The predicted octanol–water partition coefficient (Wildman–Crippen LogP) is 5.14. The number of halogens is 3. The number of rotatable bonds is 5. The van der Waals surface area contributed by atoms with Crippen LogP contribution < -0.4 is 14.9 Å². The molecule has 0 amide bonds. The molecule has 1 unspecified atom stereocenters. The van der Waals surface area contributed by atoms with Crippen LogP contribution in [0.5, 0.6) is 0 Å². The Hall–Kier alpha value is -3.70. The SMILES string of the molecule is CCOC(=O)C1=C(C)N=c2s/c(=C/c3ccc(-c4cccc(C(F)(F)F)c4)o3)c(=O)n2C1c1cccs1. The molecule has 0 saturated carbocycles. The van der Waals surface area contributed by atoms with E-state index in [0.29, 0.717) is 26.4 Å². The largest absolute Gasteiger partial charge is 0.463 e. The van der Waals surface area contributed by atoms with Crippen LogP contribution in [0, 0.1) is 0 Å². The number of thiophene rings is 1. The maximum atomic E-state index is 13.5. The number of thiazole rings is 1. The molecular weight excluding hydrogens is 525 g/mol. The molecule has 3 aromatic heterocycles. The fraction of sp³-hybridized carbons (Fsp3) is 0.192. The zero-order valence-corrected chi connectivity index (χ0v) is 21.2. The summed E-state index contributed by atoms with van der Waals surface area (Å²) in [5.41, 5.74) is -0.114. The molecule has 4 heterocycles. The van der Waals surface area contributed by atoms with E-state index >= 15 is 0 Å². The van der Waals surface area contributed by atoms with Gasteiger partial charge in [0.2, 0.25) is 0 Å². The first-order valence-electron chi connectivity index (χ1n) is 11.2. The van der Waals surface area contributed by atoms with Crippen LogP contribution >= 0.6 is 22.7 Å². The Balaban J connectivity index is 1.58. The van der Waals surface area contributed by atoms with E-state index in [2.05, 4.69) is 4.99 Å². The lowest BCUT2D eigenvalue weighted by Gasteiger charge is -2.23. The Morgan fingerprint density at radius 1 is 1.22 bits per heavy atom. The van der Waals surface area contributed by atoms with Gasteiger partial charge in [0, 0.05) is 16.5 Å². The van der Waals surface area contributed by atoms with Crippen molar-refractivity contribution in [3.05, 3.63) is 101 Å². The van der Waals surface area contributed by atoms with Gasteiger partial charge in [-0.1, -0.05) is 29.5 Å². The highest BCUT2D eigenvalue weighted by molar-refractivity contribution is 7.10. The monoisotopic (exact) mass is 544 g/mol. The quantitative estimate of drug-likeness (QED) is 0.326. The molecule has 5 rings (SSSR count). The minimum Gasteiger partial charge on any atom is -0.463 e. The molecule has 4 aromatic rings. The summed E-state index contributed by atoms with van der Waals surface area (Å²) in [7, 11) is 0. The molecule has 0 N–H and O–H groups in total. The van der Waals surface area contributed by atoms with Crippen molar-refractivity contribution in [1.82, 2.24) is 4.57 Å². The Morgan fingerprint density at radius 2 is 2.03 bits per heavy atom. The third-order valence-corrected chi connectivity index (χ3v) is 7.61. The zero-order valence-electron chi connectivity index (χ0n) is 19.5. The van der Waals surface area contributed by atoms with Gasteiger partial charge in [-0.25, -0.2) is 9.79 Å². The Morgan fingerprint density at radius 3 is 2.73 bits per heavy atom. The van der Waals surface area contributed by atoms with Gasteiger partial charge in [0.05, 0.1) is 28.0 Å². The van der Waals surface area contributed by atoms with Crippen molar-refractivity contribution in [3.8, 4) is 11.3 Å². The predicted molar refractivity (Wildman–Crippen MR) is 134 cm³/mol. The van der Waals surface area contributed by atoms with Crippen LogP contribution in [0.15, 0.2) is 79.4 Å². The highest BCUT2D eigenvalue weighted by Crippen LogP contribution is 2.34. The summed E-state index contributed by atoms with van der Waals surface area (Å²) in [6, 6.07) is 11.0. The van der Waals surface area contributed by atoms with Gasteiger partial charge in [0.25, 0.3) is 5.56 Å². The summed E-state index contributed by atoms with van der Waals surface area (Å²) in [5.74, 6) is 0.00176. The first kappa shape index (κ1) is 25.0. The van der Waals surface area contributed by atoms with Gasteiger partial charge < -0.3 is 9.15 Å². The number of furan rings is 1. The molecule has 0 spiro atoms. The summed E-state index contributed by atoms with van der Waals surface area (Å²) < 4.78 is 52.1. The van der Waals surface area contributed by atoms with Crippen molar-refractivity contribution < 1.29 is 27.1 Å². The first-order valence-corrected chi connectivity index (χ1v) is 12.9. The molecule has 11 heteroatoms. The molecule has 0 aliphatic carbocycles. The molecule has 37 heavy (non-hydrogen) atoms. The second-order valence-electron chi connectivity index (χ2n) is 8.10. The van der Waals surface area contributed by atoms with Gasteiger partial charge in [0.15, 0.2) is 4.80 Å². The summed E-state index contributed by atoms with van der Waals surface area (Å²) in [4.78, 5) is 32.1. The third-order valence-electron chi connectivity index (χ3n) is 5.70. The number of benzene rings is 1. The highest BCUT2D eigenvalue weighted by Gasteiger charge is 2.34. The molecular formula is C26H19F3N2O4S2. The van der Waals surface area contributed by atoms with E-state index in [4.69, 9.17) is 9.15 Å². The molecule has 1 aliphatic heterocycles. The van der Waals surface area contributed by atoms with E-state index in [1.165, 1.54) is 34.1 Å². The Kier molecular flexibility index (Phi) is 6.50. The zero-order chi connectivity index (χ0) is 26.3. The van der Waals surface area contributed by atoms with Crippen LogP contribution in [0.1, 0.15) is 36.1 Å². The number of ether oxygens (including phenoxy) is 1. The van der Waals surface area contributed by atoms with Crippen molar-refractivity contribution >= 4 is 34.7 Å². The van der Waals surface area contributed by atoms with Crippen LogP contribution in [-0.2, 0) is 15.7 Å². The Labute approximate surface area is 216 Å². The summed E-state index contributed by atoms with van der Waals surface area (Å²) in [6.45, 7) is 3.60. The third kappa shape index (κ3) is 4.72. The normalized spacial score (nSPS) is 16.0. The summed E-state index contributed by atoms with van der Waals surface area (Å²) in [5, 5.41) is 1.86. The average molecular weight is 545 g/mol. The molecule has 0 radical (unpaired) electrons. The number of esters is 1. The van der Waals surface area contributed by atoms with E-state index < -0.39 is 23.8 Å². The van der Waals surface area contributed by atoms with Crippen molar-refractivity contribution in [3.63, 3.8) is 0 Å². The number of hydrogen-bond donors (Lipinski definition) is 0. The van der Waals surface area contributed by atoms with E-state index in [-0.39, 0.29) is 23.5 Å². The van der Waals surface area contributed by atoms with Crippen molar-refractivity contribution in [2.45, 2.75) is 26.1 Å². The van der Waals surface area contributed by atoms with Crippen LogP contribution in [0.3, 0.4) is 0 Å². The Bertz CT molecular complexity index is 1690. The fourth-order valence-corrected chi connectivity index (χ4v) is 5.92. The number of fused-ring (bicyclic) bond motifs is 1. The van der Waals surface area contributed by atoms with Gasteiger partial charge >= 0.3 is 12.1 Å². The standard InChI is InChI=1S/C26H19F3N2O4S2/c1-3-34-24(33)21-14(2)30-25-31(22(21)19-8-5-11-36-19)23(32)20(37-25)13-17-9-10-18(35-17)15-6-4-7-16(12-15)26(27,28)29/h4-13,22H,3H2,1-2H3/b20-13+. The number of carbonyl (C=O) groups excluding carboxylic acids is 1. The van der Waals surface area contributed by atoms with Crippen molar-refractivity contribution in [1.29, 1.82) is 0 Å². The minimum atomic E-state index is -4.47. The van der Waals surface area contributed by atoms with Crippen LogP contribution in [0.25, 0.3) is 17.4 Å². The molecule has 190 valence electrons. The van der Waals surface area contributed by atoms with Gasteiger partial charge in [-0.2, -0.15) is 13.2 Å². The van der Waals surface area contributed by atoms with Crippen molar-refractivity contribution in [2.24, 2.45) is 4.99 Å². The molecule has 1 atom stereocenters. The maximum absolute atomic E-state index is 13.5. The molecule has 0 saturated heterocycles. The maximum Gasteiger partial charge on any atom is 0.416 e. The number of nitrogens with zero attached hydrogens (tertiary/aromatic N) is 2. The lowest BCUT2D eigenvalue weighted by molar-refractivity contribution is -0.139. The van der Waals surface area contributed by atoms with Gasteiger partial charge in [-0.15, -0.1) is 11.3 Å². The van der Waals surface area contributed by atoms with E-state index in [1.54, 1.807) is 26.0 Å². The first-order chi connectivity index (χ1) is 17.7. The lowest BCUT2D eigenvalue weighted by Crippen LogP contribution is -2.39. The van der Waals surface area contributed by atoms with Crippen LogP contribution in [0.2, 0.25) is 0 Å². The molecule has 0 fully saturated rings. The smallest absolute Gasteiger partial charge is 0.416 e. The number of carbonyl (C=O) groups is 1. The van der Waals surface area contributed by atoms with Crippen molar-refractivity contribution in [2.75, 3.05) is 6.61 Å². The molecule has 1 aliphatic rings. The van der Waals surface area contributed by atoms with Gasteiger partial charge in [-0.3, -0.25) is 9.36 Å². The molecule has 0 bridgehead atoms. The summed E-state index contributed by atoms with van der Waals surface area (Å²) >= 11 is 2.55. The topological polar surface area (TPSA) is 73.8 Å². The summed E-state index contributed by atoms with van der Waals surface area (Å²) in [6.07, 6.45) is -2.95. The number of alkyl halides is 3. The lowest BCUT2D eigenvalue weighted by atomic mass is 10.0. The van der Waals surface area contributed by atoms with Gasteiger partial charge in [0.1, 0.15) is 17.6 Å². The molecule has 1 aromatic carbocycles.